The highest BCUT2D eigenvalue weighted by Gasteiger charge is 2.24. The summed E-state index contributed by atoms with van der Waals surface area (Å²) in [5.41, 5.74) is 2.77. The number of hydrogen-bond donors (Lipinski definition) is 1. The fourth-order valence-corrected chi connectivity index (χ4v) is 5.01. The summed E-state index contributed by atoms with van der Waals surface area (Å²) < 4.78 is 5.63. The molecule has 0 saturated carbocycles. The fraction of sp³-hybridized carbons (Fsp3) is 0.333. The Morgan fingerprint density at radius 1 is 1.09 bits per heavy atom. The summed E-state index contributed by atoms with van der Waals surface area (Å²) in [6.07, 6.45) is 1.08. The van der Waals surface area contributed by atoms with Gasteiger partial charge in [-0.1, -0.05) is 43.6 Å². The first-order chi connectivity index (χ1) is 16.9. The van der Waals surface area contributed by atoms with E-state index in [1.807, 2.05) is 58.8 Å². The van der Waals surface area contributed by atoms with Crippen molar-refractivity contribution in [2.24, 2.45) is 0 Å². The minimum atomic E-state index is -0.250. The lowest BCUT2D eigenvalue weighted by Crippen LogP contribution is -2.48. The number of anilines is 2. The van der Waals surface area contributed by atoms with E-state index < -0.39 is 0 Å². The minimum Gasteiger partial charge on any atom is -0.484 e. The number of carbonyl (C=O) groups is 2. The number of amides is 2. The van der Waals surface area contributed by atoms with E-state index >= 15 is 0 Å². The van der Waals surface area contributed by atoms with Gasteiger partial charge in [-0.15, -0.1) is 11.3 Å². The van der Waals surface area contributed by atoms with Gasteiger partial charge in [0.15, 0.2) is 6.61 Å². The zero-order chi connectivity index (χ0) is 24.8. The van der Waals surface area contributed by atoms with Gasteiger partial charge in [0, 0.05) is 31.9 Å². The molecule has 0 unspecified atom stereocenters. The Morgan fingerprint density at radius 3 is 2.46 bits per heavy atom. The number of nitrogens with one attached hydrogen (secondary N) is 1. The number of thiophene rings is 1. The van der Waals surface area contributed by atoms with Crippen molar-refractivity contribution in [3.8, 4) is 5.75 Å². The Hall–Kier alpha value is -3.03. The van der Waals surface area contributed by atoms with Crippen LogP contribution in [0.4, 0.5) is 11.4 Å². The number of carbonyl (C=O) groups excluding carboxylic acids is 2. The molecule has 1 atom stereocenters. The predicted octanol–water partition coefficient (Wildman–Crippen LogP) is 5.89. The number of rotatable bonds is 8. The molecular weight excluding hydrogens is 482 g/mol. The van der Waals surface area contributed by atoms with Gasteiger partial charge in [0.1, 0.15) is 5.75 Å². The summed E-state index contributed by atoms with van der Waals surface area (Å²) in [5, 5.41) is 5.32. The Kier molecular flexibility index (Phi) is 8.31. The first kappa shape index (κ1) is 25.1. The van der Waals surface area contributed by atoms with Crippen molar-refractivity contribution < 1.29 is 14.3 Å². The second-order valence-corrected chi connectivity index (χ2v) is 9.99. The zero-order valence-electron chi connectivity index (χ0n) is 20.0. The summed E-state index contributed by atoms with van der Waals surface area (Å²) in [7, 11) is 0. The Balaban J connectivity index is 1.27. The zero-order valence-corrected chi connectivity index (χ0v) is 21.6. The number of ether oxygens (including phenoxy) is 1. The van der Waals surface area contributed by atoms with E-state index in [1.165, 1.54) is 16.9 Å². The maximum atomic E-state index is 12.6. The molecule has 2 aromatic carbocycles. The first-order valence-corrected chi connectivity index (χ1v) is 13.1. The average Bonchev–Trinajstić information content (AvgIpc) is 3.42. The van der Waals surface area contributed by atoms with Gasteiger partial charge in [-0.25, -0.2) is 0 Å². The third-order valence-corrected chi connectivity index (χ3v) is 7.46. The highest BCUT2D eigenvalue weighted by atomic mass is 35.5. The van der Waals surface area contributed by atoms with Gasteiger partial charge >= 0.3 is 0 Å². The van der Waals surface area contributed by atoms with Crippen molar-refractivity contribution in [1.29, 1.82) is 0 Å². The molecule has 4 rings (SSSR count). The summed E-state index contributed by atoms with van der Waals surface area (Å²) in [6, 6.07) is 17.1. The van der Waals surface area contributed by atoms with Crippen molar-refractivity contribution in [2.75, 3.05) is 43.0 Å². The molecule has 2 heterocycles. The quantitative estimate of drug-likeness (QED) is 0.409. The van der Waals surface area contributed by atoms with Crippen LogP contribution in [-0.2, 0) is 4.79 Å². The molecular formula is C27H30ClN3O3S. The number of nitrogens with zero attached hydrogens (tertiary/aromatic N) is 2. The van der Waals surface area contributed by atoms with E-state index in [1.54, 1.807) is 6.07 Å². The molecule has 1 N–H and O–H groups in total. The number of hydrogen-bond acceptors (Lipinski definition) is 5. The Bertz CT molecular complexity index is 1140. The lowest BCUT2D eigenvalue weighted by atomic mass is 9.99. The van der Waals surface area contributed by atoms with E-state index in [-0.39, 0.29) is 18.4 Å². The van der Waals surface area contributed by atoms with Crippen LogP contribution in [0.15, 0.2) is 60.0 Å². The molecule has 1 saturated heterocycles. The van der Waals surface area contributed by atoms with Crippen molar-refractivity contribution in [2.45, 2.75) is 26.2 Å². The molecule has 1 aliphatic heterocycles. The van der Waals surface area contributed by atoms with E-state index in [0.717, 1.165) is 17.0 Å². The van der Waals surface area contributed by atoms with Crippen LogP contribution < -0.4 is 15.0 Å². The Morgan fingerprint density at radius 2 is 1.83 bits per heavy atom. The van der Waals surface area contributed by atoms with Gasteiger partial charge in [-0.3, -0.25) is 9.59 Å². The number of piperazine rings is 1. The standard InChI is InChI=1S/C27H30ClN3O3S/c1-3-19(2)20-6-9-22(10-7-20)34-18-26(32)29-21-8-11-24(23(28)17-21)30-12-14-31(15-13-30)27(33)25-5-4-16-35-25/h4-11,16-17,19H,3,12-15,18H2,1-2H3,(H,29,32)/t19-/m1/s1. The van der Waals surface area contributed by atoms with Crippen molar-refractivity contribution in [3.63, 3.8) is 0 Å². The maximum Gasteiger partial charge on any atom is 0.264 e. The van der Waals surface area contributed by atoms with Gasteiger partial charge in [-0.2, -0.15) is 0 Å². The van der Waals surface area contributed by atoms with E-state index in [9.17, 15) is 9.59 Å². The van der Waals surface area contributed by atoms with E-state index in [2.05, 4.69) is 24.1 Å². The van der Waals surface area contributed by atoms with Gasteiger partial charge in [-0.05, 0) is 59.7 Å². The monoisotopic (exact) mass is 511 g/mol. The van der Waals surface area contributed by atoms with E-state index in [4.69, 9.17) is 16.3 Å². The van der Waals surface area contributed by atoms with Crippen molar-refractivity contribution >= 4 is 46.1 Å². The van der Waals surface area contributed by atoms with Crippen LogP contribution >= 0.6 is 22.9 Å². The Labute approximate surface area is 215 Å². The molecule has 0 aliphatic carbocycles. The number of benzene rings is 2. The number of halogens is 1. The molecule has 1 aliphatic rings. The largest absolute Gasteiger partial charge is 0.484 e. The van der Waals surface area contributed by atoms with Crippen LogP contribution in [0.2, 0.25) is 5.02 Å². The van der Waals surface area contributed by atoms with Crippen LogP contribution in [-0.4, -0.2) is 49.5 Å². The van der Waals surface area contributed by atoms with Crippen LogP contribution in [0.5, 0.6) is 5.75 Å². The van der Waals surface area contributed by atoms with Gasteiger partial charge in [0.2, 0.25) is 0 Å². The lowest BCUT2D eigenvalue weighted by molar-refractivity contribution is -0.118. The van der Waals surface area contributed by atoms with Crippen LogP contribution in [0.3, 0.4) is 0 Å². The van der Waals surface area contributed by atoms with Crippen molar-refractivity contribution in [3.05, 3.63) is 75.4 Å². The first-order valence-electron chi connectivity index (χ1n) is 11.8. The fourth-order valence-electron chi connectivity index (χ4n) is 4.02. The van der Waals surface area contributed by atoms with Crippen LogP contribution in [0.1, 0.15) is 41.4 Å². The predicted molar refractivity (Wildman–Crippen MR) is 143 cm³/mol. The van der Waals surface area contributed by atoms with Crippen LogP contribution in [0.25, 0.3) is 0 Å². The normalized spacial score (nSPS) is 14.5. The van der Waals surface area contributed by atoms with Gasteiger partial charge in [0.05, 0.1) is 15.6 Å². The minimum absolute atomic E-state index is 0.0810. The van der Waals surface area contributed by atoms with Gasteiger partial charge in [0.25, 0.3) is 11.8 Å². The second kappa shape index (κ2) is 11.6. The molecule has 1 aromatic heterocycles. The van der Waals surface area contributed by atoms with Gasteiger partial charge < -0.3 is 19.9 Å². The lowest BCUT2D eigenvalue weighted by Gasteiger charge is -2.36. The summed E-state index contributed by atoms with van der Waals surface area (Å²) in [4.78, 5) is 29.7. The molecule has 0 radical (unpaired) electrons. The SMILES string of the molecule is CC[C@@H](C)c1ccc(OCC(=O)Nc2ccc(N3CCN(C(=O)c4cccs4)CC3)c(Cl)c2)cc1. The third-order valence-electron chi connectivity index (χ3n) is 6.30. The molecule has 35 heavy (non-hydrogen) atoms. The molecule has 6 nitrogen and oxygen atoms in total. The topological polar surface area (TPSA) is 61.9 Å². The highest BCUT2D eigenvalue weighted by molar-refractivity contribution is 7.12. The molecule has 8 heteroatoms. The highest BCUT2D eigenvalue weighted by Crippen LogP contribution is 2.30. The van der Waals surface area contributed by atoms with Crippen molar-refractivity contribution in [1.82, 2.24) is 4.90 Å². The second-order valence-electron chi connectivity index (χ2n) is 8.64. The molecule has 184 valence electrons. The van der Waals surface area contributed by atoms with E-state index in [0.29, 0.717) is 48.6 Å². The summed E-state index contributed by atoms with van der Waals surface area (Å²) in [6.45, 7) is 6.95. The third kappa shape index (κ3) is 6.35. The molecule has 3 aromatic rings. The smallest absolute Gasteiger partial charge is 0.264 e. The molecule has 0 bridgehead atoms. The van der Waals surface area contributed by atoms with Crippen LogP contribution in [0, 0.1) is 0 Å². The molecule has 1 fully saturated rings. The summed E-state index contributed by atoms with van der Waals surface area (Å²) in [5.74, 6) is 0.993. The molecule has 0 spiro atoms. The molecule has 2 amide bonds. The average molecular weight is 512 g/mol. The maximum absolute atomic E-state index is 12.6. The summed E-state index contributed by atoms with van der Waals surface area (Å²) >= 11 is 8.01.